The van der Waals surface area contributed by atoms with E-state index in [2.05, 4.69) is 45.4 Å². The van der Waals surface area contributed by atoms with E-state index in [0.717, 1.165) is 69.2 Å². The summed E-state index contributed by atoms with van der Waals surface area (Å²) in [5, 5.41) is 3.33. The van der Waals surface area contributed by atoms with Crippen LogP contribution in [-0.2, 0) is 13.1 Å². The van der Waals surface area contributed by atoms with E-state index in [-0.39, 0.29) is 5.78 Å². The highest BCUT2D eigenvalue weighted by molar-refractivity contribution is 5.96. The van der Waals surface area contributed by atoms with Crippen molar-refractivity contribution >= 4 is 5.78 Å². The maximum absolute atomic E-state index is 12.7. The van der Waals surface area contributed by atoms with Gasteiger partial charge in [0.25, 0.3) is 0 Å². The van der Waals surface area contributed by atoms with Crippen LogP contribution in [0, 0.1) is 0 Å². The summed E-state index contributed by atoms with van der Waals surface area (Å²) in [5.41, 5.74) is 3.25. The molecule has 148 valence electrons. The van der Waals surface area contributed by atoms with Crippen LogP contribution >= 0.6 is 0 Å². The van der Waals surface area contributed by atoms with Crippen LogP contribution in [-0.4, -0.2) is 61.5 Å². The summed E-state index contributed by atoms with van der Waals surface area (Å²) in [6.45, 7) is 8.31. The number of fused-ring (bicyclic) bond motifs is 1. The standard InChI is InChI=1S/C23H29N3O2/c27-22(20-6-7-23-21(16-20)17-24-9-15-28-23)8-10-25-11-13-26(14-12-25)18-19-4-2-1-3-5-19/h1-7,16,24H,8-15,17-18H2. The van der Waals surface area contributed by atoms with Crippen molar-refractivity contribution in [2.75, 3.05) is 45.9 Å². The first-order chi connectivity index (χ1) is 13.8. The summed E-state index contributed by atoms with van der Waals surface area (Å²) in [4.78, 5) is 17.6. The molecule has 0 unspecified atom stereocenters. The molecule has 2 heterocycles. The Morgan fingerprint density at radius 2 is 1.79 bits per heavy atom. The number of ketones is 1. The zero-order chi connectivity index (χ0) is 19.2. The van der Waals surface area contributed by atoms with Gasteiger partial charge in [-0.1, -0.05) is 30.3 Å². The van der Waals surface area contributed by atoms with Crippen LogP contribution in [0.15, 0.2) is 48.5 Å². The first kappa shape index (κ1) is 19.1. The third-order valence-electron chi connectivity index (χ3n) is 5.60. The van der Waals surface area contributed by atoms with Gasteiger partial charge < -0.3 is 15.0 Å². The van der Waals surface area contributed by atoms with Gasteiger partial charge in [-0.25, -0.2) is 0 Å². The van der Waals surface area contributed by atoms with Crippen molar-refractivity contribution in [3.05, 3.63) is 65.2 Å². The quantitative estimate of drug-likeness (QED) is 0.782. The Morgan fingerprint density at radius 1 is 1.00 bits per heavy atom. The lowest BCUT2D eigenvalue weighted by Crippen LogP contribution is -2.46. The van der Waals surface area contributed by atoms with E-state index in [0.29, 0.717) is 13.0 Å². The van der Waals surface area contributed by atoms with Gasteiger partial charge in [-0.3, -0.25) is 9.69 Å². The number of carbonyl (C=O) groups is 1. The molecule has 0 saturated carbocycles. The first-order valence-electron chi connectivity index (χ1n) is 10.3. The zero-order valence-electron chi connectivity index (χ0n) is 16.4. The Balaban J connectivity index is 1.24. The molecule has 0 atom stereocenters. The Kier molecular flexibility index (Phi) is 6.37. The number of carbonyl (C=O) groups excluding carboxylic acids is 1. The number of rotatable bonds is 6. The van der Waals surface area contributed by atoms with Crippen molar-refractivity contribution in [3.8, 4) is 5.75 Å². The molecule has 1 N–H and O–H groups in total. The summed E-state index contributed by atoms with van der Waals surface area (Å²) >= 11 is 0. The average molecular weight is 380 g/mol. The van der Waals surface area contributed by atoms with Gasteiger partial charge in [0.2, 0.25) is 0 Å². The highest BCUT2D eigenvalue weighted by Gasteiger charge is 2.18. The molecule has 5 heteroatoms. The second kappa shape index (κ2) is 9.32. The fourth-order valence-corrected chi connectivity index (χ4v) is 3.90. The fraction of sp³-hybridized carbons (Fsp3) is 0.435. The number of ether oxygens (including phenoxy) is 1. The van der Waals surface area contributed by atoms with Crippen molar-refractivity contribution in [2.45, 2.75) is 19.5 Å². The summed E-state index contributed by atoms with van der Waals surface area (Å²) in [7, 11) is 0. The number of benzene rings is 2. The molecule has 2 aliphatic rings. The highest BCUT2D eigenvalue weighted by atomic mass is 16.5. The van der Waals surface area contributed by atoms with Gasteiger partial charge in [0, 0.05) is 69.9 Å². The van der Waals surface area contributed by atoms with Crippen LogP contribution < -0.4 is 10.1 Å². The van der Waals surface area contributed by atoms with Crippen LogP contribution in [0.2, 0.25) is 0 Å². The number of Topliss-reactive ketones (excluding diaryl/α,β-unsaturated/α-hetero) is 1. The molecule has 2 aliphatic heterocycles. The van der Waals surface area contributed by atoms with E-state index in [4.69, 9.17) is 4.74 Å². The monoisotopic (exact) mass is 379 g/mol. The summed E-state index contributed by atoms with van der Waals surface area (Å²) in [5.74, 6) is 1.12. The normalized spacial score (nSPS) is 18.1. The van der Waals surface area contributed by atoms with E-state index >= 15 is 0 Å². The third-order valence-corrected chi connectivity index (χ3v) is 5.60. The highest BCUT2D eigenvalue weighted by Crippen LogP contribution is 2.22. The third kappa shape index (κ3) is 4.98. The largest absolute Gasteiger partial charge is 0.492 e. The number of piperazine rings is 1. The van der Waals surface area contributed by atoms with Gasteiger partial charge in [-0.05, 0) is 23.8 Å². The average Bonchev–Trinajstić information content (AvgIpc) is 2.98. The summed E-state index contributed by atoms with van der Waals surface area (Å²) in [6.07, 6.45) is 0.575. The predicted octanol–water partition coefficient (Wildman–Crippen LogP) is 2.56. The molecular formula is C23H29N3O2. The van der Waals surface area contributed by atoms with Gasteiger partial charge in [0.05, 0.1) is 0 Å². The smallest absolute Gasteiger partial charge is 0.164 e. The maximum atomic E-state index is 12.7. The summed E-state index contributed by atoms with van der Waals surface area (Å²) < 4.78 is 5.70. The molecule has 5 nitrogen and oxygen atoms in total. The minimum atomic E-state index is 0.221. The molecule has 28 heavy (non-hydrogen) atoms. The first-order valence-corrected chi connectivity index (χ1v) is 10.3. The second-order valence-electron chi connectivity index (χ2n) is 7.62. The van der Waals surface area contributed by atoms with Crippen molar-refractivity contribution in [2.24, 2.45) is 0 Å². The minimum Gasteiger partial charge on any atom is -0.492 e. The molecule has 0 aromatic heterocycles. The molecular weight excluding hydrogens is 350 g/mol. The van der Waals surface area contributed by atoms with Gasteiger partial charge in [-0.15, -0.1) is 0 Å². The zero-order valence-corrected chi connectivity index (χ0v) is 16.4. The van der Waals surface area contributed by atoms with Crippen LogP contribution in [0.1, 0.15) is 27.9 Å². The molecule has 0 aliphatic carbocycles. The minimum absolute atomic E-state index is 0.221. The van der Waals surface area contributed by atoms with Crippen LogP contribution in [0.5, 0.6) is 5.75 Å². The van der Waals surface area contributed by atoms with Crippen LogP contribution in [0.4, 0.5) is 0 Å². The van der Waals surface area contributed by atoms with Crippen molar-refractivity contribution in [1.82, 2.24) is 15.1 Å². The summed E-state index contributed by atoms with van der Waals surface area (Å²) in [6, 6.07) is 16.5. The van der Waals surface area contributed by atoms with E-state index < -0.39 is 0 Å². The van der Waals surface area contributed by atoms with Gasteiger partial charge in [0.1, 0.15) is 12.4 Å². The Bertz CT molecular complexity index is 786. The molecule has 1 saturated heterocycles. The molecule has 1 fully saturated rings. The lowest BCUT2D eigenvalue weighted by molar-refractivity contribution is 0.0922. The number of nitrogens with one attached hydrogen (secondary N) is 1. The van der Waals surface area contributed by atoms with E-state index in [9.17, 15) is 4.79 Å². The Labute approximate surface area is 167 Å². The maximum Gasteiger partial charge on any atom is 0.164 e. The van der Waals surface area contributed by atoms with Gasteiger partial charge in [0.15, 0.2) is 5.78 Å². The lowest BCUT2D eigenvalue weighted by Gasteiger charge is -2.34. The molecule has 2 aromatic carbocycles. The molecule has 0 spiro atoms. The van der Waals surface area contributed by atoms with E-state index in [1.165, 1.54) is 5.56 Å². The number of nitrogens with zero attached hydrogens (tertiary/aromatic N) is 2. The fourth-order valence-electron chi connectivity index (χ4n) is 3.90. The lowest BCUT2D eigenvalue weighted by atomic mass is 10.0. The van der Waals surface area contributed by atoms with Gasteiger partial charge in [-0.2, -0.15) is 0 Å². The van der Waals surface area contributed by atoms with Crippen LogP contribution in [0.25, 0.3) is 0 Å². The molecule has 2 aromatic rings. The predicted molar refractivity (Wildman–Crippen MR) is 111 cm³/mol. The van der Waals surface area contributed by atoms with Gasteiger partial charge >= 0.3 is 0 Å². The Morgan fingerprint density at radius 3 is 2.61 bits per heavy atom. The second-order valence-corrected chi connectivity index (χ2v) is 7.62. The van der Waals surface area contributed by atoms with Crippen LogP contribution in [0.3, 0.4) is 0 Å². The molecule has 0 radical (unpaired) electrons. The van der Waals surface area contributed by atoms with E-state index in [1.807, 2.05) is 18.2 Å². The Hall–Kier alpha value is -2.21. The van der Waals surface area contributed by atoms with Crippen molar-refractivity contribution < 1.29 is 9.53 Å². The molecule has 0 amide bonds. The molecule has 0 bridgehead atoms. The molecule has 4 rings (SSSR count). The topological polar surface area (TPSA) is 44.8 Å². The SMILES string of the molecule is O=C(CCN1CCN(Cc2ccccc2)CC1)c1ccc2c(c1)CNCCO2. The van der Waals surface area contributed by atoms with E-state index in [1.54, 1.807) is 0 Å². The number of hydrogen-bond donors (Lipinski definition) is 1. The van der Waals surface area contributed by atoms with Crippen molar-refractivity contribution in [3.63, 3.8) is 0 Å². The number of hydrogen-bond acceptors (Lipinski definition) is 5. The van der Waals surface area contributed by atoms with Crippen molar-refractivity contribution in [1.29, 1.82) is 0 Å².